The number of nitrogens with zero attached hydrogens (tertiary/aromatic N) is 2. The predicted molar refractivity (Wildman–Crippen MR) is 58.9 cm³/mol. The second-order valence-corrected chi connectivity index (χ2v) is 4.22. The van der Waals surface area contributed by atoms with Crippen molar-refractivity contribution in [3.63, 3.8) is 0 Å². The fourth-order valence-corrected chi connectivity index (χ4v) is 1.90. The molecule has 0 bridgehead atoms. The van der Waals surface area contributed by atoms with Crippen molar-refractivity contribution in [3.8, 4) is 0 Å². The molecule has 1 aromatic rings. The van der Waals surface area contributed by atoms with E-state index >= 15 is 0 Å². The lowest BCUT2D eigenvalue weighted by Crippen LogP contribution is -2.20. The summed E-state index contributed by atoms with van der Waals surface area (Å²) >= 11 is 0. The Hall–Kier alpha value is -0.940. The van der Waals surface area contributed by atoms with E-state index in [2.05, 4.69) is 15.5 Å². The standard InChI is InChI=1S/C11H19N3O2/c1-8(15-2)10-13-11(16-14-10)9-6-4-3-5-7-12-9/h8-9,12H,3-7H2,1-2H3. The van der Waals surface area contributed by atoms with Crippen LogP contribution in [-0.2, 0) is 4.74 Å². The maximum absolute atomic E-state index is 5.28. The van der Waals surface area contributed by atoms with Gasteiger partial charge in [-0.25, -0.2) is 0 Å². The Labute approximate surface area is 95.6 Å². The first kappa shape index (κ1) is 11.5. The van der Waals surface area contributed by atoms with Crippen molar-refractivity contribution in [2.45, 2.75) is 44.8 Å². The van der Waals surface area contributed by atoms with Crippen molar-refractivity contribution in [2.24, 2.45) is 0 Å². The summed E-state index contributed by atoms with van der Waals surface area (Å²) in [6.45, 7) is 2.94. The fraction of sp³-hybridized carbons (Fsp3) is 0.818. The molecule has 1 N–H and O–H groups in total. The van der Waals surface area contributed by atoms with Crippen LogP contribution in [0.25, 0.3) is 0 Å². The lowest BCUT2D eigenvalue weighted by molar-refractivity contribution is 0.109. The first-order chi connectivity index (χ1) is 7.81. The normalized spacial score (nSPS) is 24.0. The molecule has 5 nitrogen and oxygen atoms in total. The number of hydrogen-bond donors (Lipinski definition) is 1. The maximum atomic E-state index is 5.28. The molecule has 0 aromatic carbocycles. The highest BCUT2D eigenvalue weighted by molar-refractivity contribution is 4.95. The lowest BCUT2D eigenvalue weighted by Gasteiger charge is -2.09. The van der Waals surface area contributed by atoms with Crippen molar-refractivity contribution >= 4 is 0 Å². The van der Waals surface area contributed by atoms with Gasteiger partial charge in [-0.3, -0.25) is 0 Å². The molecule has 2 unspecified atom stereocenters. The molecule has 0 spiro atoms. The van der Waals surface area contributed by atoms with Crippen LogP contribution in [0, 0.1) is 0 Å². The van der Waals surface area contributed by atoms with Crippen LogP contribution in [-0.4, -0.2) is 23.8 Å². The largest absolute Gasteiger partial charge is 0.374 e. The summed E-state index contributed by atoms with van der Waals surface area (Å²) in [4.78, 5) is 4.38. The molecule has 2 heterocycles. The molecule has 2 atom stereocenters. The molecule has 0 radical (unpaired) electrons. The second kappa shape index (κ2) is 5.41. The SMILES string of the molecule is COC(C)c1noc(C2CCCCCN2)n1. The number of ether oxygens (including phenoxy) is 1. The van der Waals surface area contributed by atoms with Crippen LogP contribution in [0.4, 0.5) is 0 Å². The second-order valence-electron chi connectivity index (χ2n) is 4.22. The van der Waals surface area contributed by atoms with Gasteiger partial charge in [-0.1, -0.05) is 18.0 Å². The molecule has 90 valence electrons. The maximum Gasteiger partial charge on any atom is 0.243 e. The van der Waals surface area contributed by atoms with Crippen molar-refractivity contribution in [3.05, 3.63) is 11.7 Å². The fourth-order valence-electron chi connectivity index (χ4n) is 1.90. The molecule has 0 saturated carbocycles. The molecular formula is C11H19N3O2. The molecule has 1 aromatic heterocycles. The number of hydrogen-bond acceptors (Lipinski definition) is 5. The van der Waals surface area contributed by atoms with Crippen LogP contribution in [0.5, 0.6) is 0 Å². The smallest absolute Gasteiger partial charge is 0.243 e. The number of methoxy groups -OCH3 is 1. The van der Waals surface area contributed by atoms with E-state index in [9.17, 15) is 0 Å². The van der Waals surface area contributed by atoms with E-state index in [0.29, 0.717) is 11.7 Å². The van der Waals surface area contributed by atoms with Crippen LogP contribution < -0.4 is 5.32 Å². The summed E-state index contributed by atoms with van der Waals surface area (Å²) in [6.07, 6.45) is 4.69. The van der Waals surface area contributed by atoms with Crippen molar-refractivity contribution in [1.82, 2.24) is 15.5 Å². The van der Waals surface area contributed by atoms with Gasteiger partial charge in [0.25, 0.3) is 0 Å². The predicted octanol–water partition coefficient (Wildman–Crippen LogP) is 1.98. The van der Waals surface area contributed by atoms with Crippen LogP contribution >= 0.6 is 0 Å². The van der Waals surface area contributed by atoms with E-state index in [1.54, 1.807) is 7.11 Å². The van der Waals surface area contributed by atoms with E-state index in [4.69, 9.17) is 9.26 Å². The Kier molecular flexibility index (Phi) is 3.90. The van der Waals surface area contributed by atoms with Crippen molar-refractivity contribution < 1.29 is 9.26 Å². The molecule has 0 amide bonds. The molecule has 0 aliphatic carbocycles. The number of aromatic nitrogens is 2. The molecule has 1 aliphatic rings. The zero-order valence-electron chi connectivity index (χ0n) is 9.90. The van der Waals surface area contributed by atoms with Gasteiger partial charge in [0.05, 0.1) is 6.04 Å². The van der Waals surface area contributed by atoms with Crippen molar-refractivity contribution in [2.75, 3.05) is 13.7 Å². The van der Waals surface area contributed by atoms with Gasteiger partial charge in [-0.05, 0) is 26.3 Å². The highest BCUT2D eigenvalue weighted by Crippen LogP contribution is 2.22. The summed E-state index contributed by atoms with van der Waals surface area (Å²) in [6, 6.07) is 0.216. The van der Waals surface area contributed by atoms with Gasteiger partial charge in [0.1, 0.15) is 6.10 Å². The van der Waals surface area contributed by atoms with Crippen LogP contribution in [0.1, 0.15) is 56.5 Å². The first-order valence-electron chi connectivity index (χ1n) is 5.91. The van der Waals surface area contributed by atoms with E-state index in [-0.39, 0.29) is 12.1 Å². The van der Waals surface area contributed by atoms with E-state index in [1.807, 2.05) is 6.92 Å². The van der Waals surface area contributed by atoms with Gasteiger partial charge in [0.15, 0.2) is 5.82 Å². The molecule has 5 heteroatoms. The minimum atomic E-state index is -0.108. The summed E-state index contributed by atoms with van der Waals surface area (Å²) in [5.41, 5.74) is 0. The third-order valence-electron chi connectivity index (χ3n) is 3.03. The van der Waals surface area contributed by atoms with E-state index in [1.165, 1.54) is 19.3 Å². The summed E-state index contributed by atoms with van der Waals surface area (Å²) in [5.74, 6) is 1.32. The van der Waals surface area contributed by atoms with Gasteiger partial charge in [-0.2, -0.15) is 4.98 Å². The molecular weight excluding hydrogens is 206 g/mol. The molecule has 1 fully saturated rings. The Balaban J connectivity index is 2.05. The average molecular weight is 225 g/mol. The zero-order chi connectivity index (χ0) is 11.4. The van der Waals surface area contributed by atoms with Crippen LogP contribution in [0.15, 0.2) is 4.52 Å². The van der Waals surface area contributed by atoms with Gasteiger partial charge < -0.3 is 14.6 Å². The summed E-state index contributed by atoms with van der Waals surface area (Å²) in [7, 11) is 1.64. The van der Waals surface area contributed by atoms with Gasteiger partial charge in [0.2, 0.25) is 5.89 Å². The van der Waals surface area contributed by atoms with E-state index < -0.39 is 0 Å². The molecule has 16 heavy (non-hydrogen) atoms. The average Bonchev–Trinajstić information content (AvgIpc) is 2.64. The monoisotopic (exact) mass is 225 g/mol. The minimum absolute atomic E-state index is 0.108. The molecule has 1 aliphatic heterocycles. The van der Waals surface area contributed by atoms with Gasteiger partial charge in [-0.15, -0.1) is 0 Å². The van der Waals surface area contributed by atoms with Crippen LogP contribution in [0.3, 0.4) is 0 Å². The summed E-state index contributed by atoms with van der Waals surface area (Å²) < 4.78 is 10.4. The van der Waals surface area contributed by atoms with Gasteiger partial charge >= 0.3 is 0 Å². The number of rotatable bonds is 3. The summed E-state index contributed by atoms with van der Waals surface area (Å²) in [5, 5.41) is 7.37. The highest BCUT2D eigenvalue weighted by atomic mass is 16.5. The van der Waals surface area contributed by atoms with Gasteiger partial charge in [0, 0.05) is 7.11 Å². The Bertz CT molecular complexity index is 319. The zero-order valence-corrected chi connectivity index (χ0v) is 9.90. The topological polar surface area (TPSA) is 60.2 Å². The Morgan fingerprint density at radius 1 is 1.44 bits per heavy atom. The van der Waals surface area contributed by atoms with Crippen LogP contribution in [0.2, 0.25) is 0 Å². The third kappa shape index (κ3) is 2.59. The Morgan fingerprint density at radius 2 is 2.31 bits per heavy atom. The lowest BCUT2D eigenvalue weighted by atomic mass is 10.1. The number of nitrogens with one attached hydrogen (secondary N) is 1. The molecule has 1 saturated heterocycles. The first-order valence-corrected chi connectivity index (χ1v) is 5.91. The Morgan fingerprint density at radius 3 is 3.12 bits per heavy atom. The van der Waals surface area contributed by atoms with Crippen molar-refractivity contribution in [1.29, 1.82) is 0 Å². The molecule has 2 rings (SSSR count). The highest BCUT2D eigenvalue weighted by Gasteiger charge is 2.21. The van der Waals surface area contributed by atoms with E-state index in [0.717, 1.165) is 13.0 Å². The third-order valence-corrected chi connectivity index (χ3v) is 3.03. The quantitative estimate of drug-likeness (QED) is 0.852. The minimum Gasteiger partial charge on any atom is -0.374 e.